The molecule has 1 heterocycles. The molecule has 106 valence electrons. The summed E-state index contributed by atoms with van der Waals surface area (Å²) in [6.45, 7) is 1.61. The van der Waals surface area contributed by atoms with Crippen LogP contribution in [-0.2, 0) is 10.0 Å². The highest BCUT2D eigenvalue weighted by Gasteiger charge is 2.36. The molecule has 0 spiro atoms. The van der Waals surface area contributed by atoms with E-state index in [1.165, 1.54) is 17.3 Å². The third-order valence-corrected chi connectivity index (χ3v) is 5.75. The minimum Gasteiger partial charge on any atom is -0.395 e. The van der Waals surface area contributed by atoms with E-state index in [9.17, 15) is 17.9 Å². The summed E-state index contributed by atoms with van der Waals surface area (Å²) in [7, 11) is -3.80. The summed E-state index contributed by atoms with van der Waals surface area (Å²) in [6.07, 6.45) is 1.32. The highest BCUT2D eigenvalue weighted by molar-refractivity contribution is 7.89. The lowest BCUT2D eigenvalue weighted by Crippen LogP contribution is -2.37. The van der Waals surface area contributed by atoms with Crippen LogP contribution in [0.4, 0.5) is 4.39 Å². The second-order valence-electron chi connectivity index (χ2n) is 4.63. The number of nitrogens with zero attached hydrogens (tertiary/aromatic N) is 1. The molecule has 0 amide bonds. The molecule has 1 aliphatic heterocycles. The highest BCUT2D eigenvalue weighted by atomic mass is 35.5. The molecule has 0 aromatic heterocycles. The van der Waals surface area contributed by atoms with Crippen LogP contribution in [0, 0.1) is 12.7 Å². The summed E-state index contributed by atoms with van der Waals surface area (Å²) in [5.74, 6) is -0.538. The van der Waals surface area contributed by atoms with Crippen LogP contribution in [0.1, 0.15) is 18.4 Å². The molecule has 19 heavy (non-hydrogen) atoms. The minimum absolute atomic E-state index is 0.103. The molecule has 0 radical (unpaired) electrons. The molecule has 1 aliphatic rings. The van der Waals surface area contributed by atoms with Crippen LogP contribution in [-0.4, -0.2) is 37.0 Å². The molecule has 1 atom stereocenters. The number of aliphatic hydroxyl groups is 1. The summed E-state index contributed by atoms with van der Waals surface area (Å²) < 4.78 is 39.6. The van der Waals surface area contributed by atoms with E-state index in [2.05, 4.69) is 0 Å². The van der Waals surface area contributed by atoms with Gasteiger partial charge in [-0.2, -0.15) is 4.31 Å². The predicted molar refractivity (Wildman–Crippen MR) is 70.1 cm³/mol. The average Bonchev–Trinajstić information content (AvgIpc) is 2.82. The first-order valence-electron chi connectivity index (χ1n) is 5.96. The van der Waals surface area contributed by atoms with E-state index in [0.717, 1.165) is 6.07 Å². The summed E-state index contributed by atoms with van der Waals surface area (Å²) >= 11 is 5.85. The summed E-state index contributed by atoms with van der Waals surface area (Å²) in [5, 5.41) is 9.08. The van der Waals surface area contributed by atoms with Crippen molar-refractivity contribution >= 4 is 21.6 Å². The van der Waals surface area contributed by atoms with Crippen molar-refractivity contribution in [1.82, 2.24) is 4.31 Å². The number of aryl methyl sites for hydroxylation is 1. The first-order chi connectivity index (χ1) is 8.87. The Morgan fingerprint density at radius 2 is 2.21 bits per heavy atom. The van der Waals surface area contributed by atoms with Gasteiger partial charge in [-0.25, -0.2) is 12.8 Å². The fourth-order valence-corrected chi connectivity index (χ4v) is 4.52. The number of halogens is 2. The van der Waals surface area contributed by atoms with Crippen LogP contribution < -0.4 is 0 Å². The molecule has 0 unspecified atom stereocenters. The van der Waals surface area contributed by atoms with E-state index >= 15 is 0 Å². The molecule has 0 bridgehead atoms. The maximum absolute atomic E-state index is 13.3. The Hall–Kier alpha value is -0.690. The molecule has 4 nitrogen and oxygen atoms in total. The van der Waals surface area contributed by atoms with Crippen molar-refractivity contribution in [1.29, 1.82) is 0 Å². The van der Waals surface area contributed by atoms with Gasteiger partial charge in [-0.3, -0.25) is 0 Å². The van der Waals surface area contributed by atoms with Crippen LogP contribution >= 0.6 is 11.6 Å². The maximum atomic E-state index is 13.3. The summed E-state index contributed by atoms with van der Waals surface area (Å²) in [6, 6.07) is 1.82. The van der Waals surface area contributed by atoms with Crippen LogP contribution in [0.2, 0.25) is 5.02 Å². The number of hydrogen-bond acceptors (Lipinski definition) is 3. The van der Waals surface area contributed by atoms with Gasteiger partial charge in [-0.15, -0.1) is 0 Å². The van der Waals surface area contributed by atoms with Gasteiger partial charge >= 0.3 is 0 Å². The SMILES string of the molecule is Cc1cc(S(=O)(=O)N2CCC[C@@H]2CO)c(Cl)cc1F. The number of sulfonamides is 1. The minimum atomic E-state index is -3.80. The van der Waals surface area contributed by atoms with Gasteiger partial charge in [0.15, 0.2) is 0 Å². The monoisotopic (exact) mass is 307 g/mol. The van der Waals surface area contributed by atoms with Crippen molar-refractivity contribution in [2.75, 3.05) is 13.2 Å². The van der Waals surface area contributed by atoms with Crippen molar-refractivity contribution in [3.8, 4) is 0 Å². The van der Waals surface area contributed by atoms with E-state index in [-0.39, 0.29) is 22.1 Å². The lowest BCUT2D eigenvalue weighted by molar-refractivity contribution is 0.213. The zero-order valence-electron chi connectivity index (χ0n) is 10.4. The third-order valence-electron chi connectivity index (χ3n) is 3.33. The topological polar surface area (TPSA) is 57.6 Å². The number of rotatable bonds is 3. The zero-order chi connectivity index (χ0) is 14.2. The van der Waals surface area contributed by atoms with E-state index in [1.54, 1.807) is 0 Å². The van der Waals surface area contributed by atoms with E-state index in [1.807, 2.05) is 0 Å². The molecule has 0 saturated carbocycles. The van der Waals surface area contributed by atoms with Crippen LogP contribution in [0.15, 0.2) is 17.0 Å². The molecule has 1 fully saturated rings. The van der Waals surface area contributed by atoms with Gasteiger partial charge in [0.2, 0.25) is 10.0 Å². The first-order valence-corrected chi connectivity index (χ1v) is 7.78. The van der Waals surface area contributed by atoms with Crippen molar-refractivity contribution < 1.29 is 17.9 Å². The van der Waals surface area contributed by atoms with E-state index < -0.39 is 21.9 Å². The van der Waals surface area contributed by atoms with Crippen LogP contribution in [0.5, 0.6) is 0 Å². The largest absolute Gasteiger partial charge is 0.395 e. The van der Waals surface area contributed by atoms with E-state index in [4.69, 9.17) is 11.6 Å². The molecule has 1 saturated heterocycles. The van der Waals surface area contributed by atoms with Crippen molar-refractivity contribution in [3.63, 3.8) is 0 Å². The molecule has 1 aromatic carbocycles. The number of hydrogen-bond donors (Lipinski definition) is 1. The van der Waals surface area contributed by atoms with Crippen molar-refractivity contribution in [2.24, 2.45) is 0 Å². The van der Waals surface area contributed by atoms with E-state index in [0.29, 0.717) is 19.4 Å². The Morgan fingerprint density at radius 3 is 2.84 bits per heavy atom. The molecule has 2 rings (SSSR count). The molecular weight excluding hydrogens is 293 g/mol. The Morgan fingerprint density at radius 1 is 1.53 bits per heavy atom. The highest BCUT2D eigenvalue weighted by Crippen LogP contribution is 2.31. The molecule has 1 N–H and O–H groups in total. The number of aliphatic hydroxyl groups excluding tert-OH is 1. The lowest BCUT2D eigenvalue weighted by Gasteiger charge is -2.23. The molecule has 1 aromatic rings. The Balaban J connectivity index is 2.48. The third kappa shape index (κ3) is 2.63. The van der Waals surface area contributed by atoms with Gasteiger partial charge in [0.05, 0.1) is 11.6 Å². The van der Waals surface area contributed by atoms with Gasteiger partial charge in [0, 0.05) is 12.6 Å². The second kappa shape index (κ2) is 5.36. The molecule has 7 heteroatoms. The Kier molecular flexibility index (Phi) is 4.15. The predicted octanol–water partition coefficient (Wildman–Crippen LogP) is 1.93. The van der Waals surface area contributed by atoms with Gasteiger partial charge in [0.1, 0.15) is 10.7 Å². The first kappa shape index (κ1) is 14.7. The van der Waals surface area contributed by atoms with Crippen molar-refractivity contribution in [2.45, 2.75) is 30.7 Å². The van der Waals surface area contributed by atoms with Gasteiger partial charge < -0.3 is 5.11 Å². The Labute approximate surface area is 116 Å². The smallest absolute Gasteiger partial charge is 0.244 e. The Bertz CT molecular complexity index is 591. The van der Waals surface area contributed by atoms with Gasteiger partial charge in [0.25, 0.3) is 0 Å². The quantitative estimate of drug-likeness (QED) is 0.928. The summed E-state index contributed by atoms with van der Waals surface area (Å²) in [4.78, 5) is -0.103. The zero-order valence-corrected chi connectivity index (χ0v) is 12.0. The number of benzene rings is 1. The fraction of sp³-hybridized carbons (Fsp3) is 0.500. The second-order valence-corrected chi connectivity index (χ2v) is 6.89. The van der Waals surface area contributed by atoms with Crippen LogP contribution in [0.25, 0.3) is 0 Å². The summed E-state index contributed by atoms with van der Waals surface area (Å²) in [5.41, 5.74) is 0.225. The van der Waals surface area contributed by atoms with Gasteiger partial charge in [-0.05, 0) is 37.5 Å². The average molecular weight is 308 g/mol. The normalized spacial score (nSPS) is 20.9. The standard InChI is InChI=1S/C12H15ClFNO3S/c1-8-5-12(10(13)6-11(8)14)19(17,18)15-4-2-3-9(15)7-16/h5-6,9,16H,2-4,7H2,1H3/t9-/m1/s1. The van der Waals surface area contributed by atoms with Crippen LogP contribution in [0.3, 0.4) is 0 Å². The molecular formula is C12H15ClFNO3S. The fourth-order valence-electron chi connectivity index (χ4n) is 2.26. The lowest BCUT2D eigenvalue weighted by atomic mass is 10.2. The van der Waals surface area contributed by atoms with Gasteiger partial charge in [-0.1, -0.05) is 11.6 Å². The van der Waals surface area contributed by atoms with Crippen molar-refractivity contribution in [3.05, 3.63) is 28.5 Å². The maximum Gasteiger partial charge on any atom is 0.244 e. The molecule has 0 aliphatic carbocycles.